The Morgan fingerprint density at radius 2 is 2.14 bits per heavy atom. The van der Waals surface area contributed by atoms with Gasteiger partial charge in [0.2, 0.25) is 0 Å². The molecule has 1 atom stereocenters. The van der Waals surface area contributed by atoms with Gasteiger partial charge in [0.1, 0.15) is 0 Å². The molecule has 0 saturated carbocycles. The molecule has 0 bridgehead atoms. The van der Waals surface area contributed by atoms with Gasteiger partial charge in [-0.1, -0.05) is 32.0 Å². The maximum Gasteiger partial charge on any atom is 0.174 e. The Balaban J connectivity index is 1.83. The topological polar surface area (TPSA) is 42.7 Å². The number of hydrogen-bond acceptors (Lipinski definition) is 4. The zero-order chi connectivity index (χ0) is 14.4. The van der Waals surface area contributed by atoms with Crippen LogP contribution in [-0.4, -0.2) is 21.3 Å². The van der Waals surface area contributed by atoms with Crippen LogP contribution in [-0.2, 0) is 6.54 Å². The van der Waals surface area contributed by atoms with Crippen LogP contribution in [0.25, 0.3) is 20.8 Å². The highest BCUT2D eigenvalue weighted by atomic mass is 32.1. The summed E-state index contributed by atoms with van der Waals surface area (Å²) >= 11 is 1.79. The third kappa shape index (κ3) is 2.08. The molecule has 0 fully saturated rings. The molecule has 1 aliphatic rings. The summed E-state index contributed by atoms with van der Waals surface area (Å²) < 4.78 is 3.59. The van der Waals surface area contributed by atoms with Crippen molar-refractivity contribution in [3.63, 3.8) is 0 Å². The van der Waals surface area contributed by atoms with Crippen molar-refractivity contribution in [3.8, 4) is 10.7 Å². The highest BCUT2D eigenvalue weighted by Gasteiger charge is 2.27. The molecule has 1 aliphatic heterocycles. The lowest BCUT2D eigenvalue weighted by molar-refractivity contribution is 0.339. The van der Waals surface area contributed by atoms with Crippen LogP contribution >= 0.6 is 11.3 Å². The molecule has 0 aliphatic carbocycles. The van der Waals surface area contributed by atoms with Crippen molar-refractivity contribution in [3.05, 3.63) is 36.2 Å². The van der Waals surface area contributed by atoms with Gasteiger partial charge in [-0.2, -0.15) is 0 Å². The molecule has 0 spiro atoms. The number of benzene rings is 1. The first kappa shape index (κ1) is 13.0. The van der Waals surface area contributed by atoms with Crippen molar-refractivity contribution in [2.24, 2.45) is 5.92 Å². The summed E-state index contributed by atoms with van der Waals surface area (Å²) in [4.78, 5) is 1.21. The number of fused-ring (bicyclic) bond motifs is 2. The van der Waals surface area contributed by atoms with Gasteiger partial charge >= 0.3 is 0 Å². The molecule has 2 aromatic heterocycles. The first-order chi connectivity index (χ1) is 10.2. The summed E-state index contributed by atoms with van der Waals surface area (Å²) in [6, 6.07) is 11.0. The highest BCUT2D eigenvalue weighted by molar-refractivity contribution is 7.22. The minimum atomic E-state index is 0.300. The molecule has 0 amide bonds. The van der Waals surface area contributed by atoms with Gasteiger partial charge < -0.3 is 9.88 Å². The lowest BCUT2D eigenvalue weighted by Gasteiger charge is -2.27. The first-order valence-corrected chi connectivity index (χ1v) is 8.21. The third-order valence-corrected chi connectivity index (χ3v) is 5.18. The molecule has 108 valence electrons. The van der Waals surface area contributed by atoms with Crippen LogP contribution in [0.3, 0.4) is 0 Å². The van der Waals surface area contributed by atoms with Crippen molar-refractivity contribution in [1.29, 1.82) is 0 Å². The first-order valence-electron chi connectivity index (χ1n) is 7.39. The molecule has 5 heteroatoms. The van der Waals surface area contributed by atoms with E-state index in [4.69, 9.17) is 0 Å². The van der Waals surface area contributed by atoms with E-state index in [1.54, 1.807) is 11.3 Å². The van der Waals surface area contributed by atoms with Gasteiger partial charge in [0.15, 0.2) is 11.6 Å². The van der Waals surface area contributed by atoms with E-state index >= 15 is 0 Å². The molecule has 0 radical (unpaired) electrons. The molecule has 4 rings (SSSR count). The van der Waals surface area contributed by atoms with E-state index in [-0.39, 0.29) is 0 Å². The van der Waals surface area contributed by atoms with Crippen LogP contribution in [0.2, 0.25) is 0 Å². The van der Waals surface area contributed by atoms with Gasteiger partial charge in [-0.15, -0.1) is 21.5 Å². The number of thiophene rings is 1. The van der Waals surface area contributed by atoms with Crippen LogP contribution in [0.5, 0.6) is 0 Å². The van der Waals surface area contributed by atoms with Gasteiger partial charge in [-0.05, 0) is 23.4 Å². The average Bonchev–Trinajstić information content (AvgIpc) is 3.09. The van der Waals surface area contributed by atoms with Crippen molar-refractivity contribution in [1.82, 2.24) is 20.1 Å². The van der Waals surface area contributed by atoms with E-state index in [1.807, 2.05) is 0 Å². The number of aromatic nitrogens is 3. The second-order valence-corrected chi connectivity index (χ2v) is 6.94. The number of hydrogen-bond donors (Lipinski definition) is 1. The van der Waals surface area contributed by atoms with Gasteiger partial charge in [0.05, 0.1) is 10.9 Å². The minimum absolute atomic E-state index is 0.300. The number of nitrogens with zero attached hydrogens (tertiary/aromatic N) is 3. The van der Waals surface area contributed by atoms with Gasteiger partial charge in [0.25, 0.3) is 0 Å². The van der Waals surface area contributed by atoms with Crippen molar-refractivity contribution in [2.45, 2.75) is 26.4 Å². The molecule has 1 N–H and O–H groups in total. The lowest BCUT2D eigenvalue weighted by atomic mass is 10.0. The molecule has 3 heterocycles. The lowest BCUT2D eigenvalue weighted by Crippen LogP contribution is -2.36. The molecule has 1 unspecified atom stereocenters. The van der Waals surface area contributed by atoms with Crippen molar-refractivity contribution in [2.75, 3.05) is 6.54 Å². The van der Waals surface area contributed by atoms with Crippen LogP contribution in [0.15, 0.2) is 30.3 Å². The van der Waals surface area contributed by atoms with E-state index in [0.29, 0.717) is 12.0 Å². The Labute approximate surface area is 127 Å². The Morgan fingerprint density at radius 3 is 2.95 bits per heavy atom. The van der Waals surface area contributed by atoms with Gasteiger partial charge in [0, 0.05) is 17.8 Å². The molecule has 1 aromatic carbocycles. The largest absolute Gasteiger partial charge is 0.308 e. The second kappa shape index (κ2) is 4.93. The average molecular weight is 298 g/mol. The predicted molar refractivity (Wildman–Crippen MR) is 86.4 cm³/mol. The predicted octanol–water partition coefficient (Wildman–Crippen LogP) is 3.46. The van der Waals surface area contributed by atoms with E-state index in [9.17, 15) is 0 Å². The molecule has 4 nitrogen and oxygen atoms in total. The molecule has 21 heavy (non-hydrogen) atoms. The number of nitrogens with one attached hydrogen (secondary N) is 1. The summed E-state index contributed by atoms with van der Waals surface area (Å²) in [5.74, 6) is 2.60. The monoisotopic (exact) mass is 298 g/mol. The van der Waals surface area contributed by atoms with Crippen molar-refractivity contribution >= 4 is 21.4 Å². The fourth-order valence-electron chi connectivity index (χ4n) is 3.00. The highest BCUT2D eigenvalue weighted by Crippen LogP contribution is 2.34. The Morgan fingerprint density at radius 1 is 1.29 bits per heavy atom. The summed E-state index contributed by atoms with van der Waals surface area (Å²) in [5, 5.41) is 13.8. The van der Waals surface area contributed by atoms with E-state index < -0.39 is 0 Å². The van der Waals surface area contributed by atoms with Crippen LogP contribution in [0, 0.1) is 5.92 Å². The van der Waals surface area contributed by atoms with Gasteiger partial charge in [-0.25, -0.2) is 0 Å². The summed E-state index contributed by atoms with van der Waals surface area (Å²) in [6.45, 7) is 6.36. The number of rotatable bonds is 2. The summed E-state index contributed by atoms with van der Waals surface area (Å²) in [6.07, 6.45) is 0. The normalized spacial score (nSPS) is 18.3. The van der Waals surface area contributed by atoms with Crippen LogP contribution in [0.4, 0.5) is 0 Å². The van der Waals surface area contributed by atoms with E-state index in [0.717, 1.165) is 24.7 Å². The standard InChI is InChI=1S/C16H18N4S/c1-10(2)14-16-19-18-15(20(16)8-7-17-14)13-9-11-5-3-4-6-12(11)21-13/h3-6,9-10,14,17H,7-8H2,1-2H3. The smallest absolute Gasteiger partial charge is 0.174 e. The molecule has 3 aromatic rings. The van der Waals surface area contributed by atoms with Crippen LogP contribution < -0.4 is 5.32 Å². The van der Waals surface area contributed by atoms with Crippen molar-refractivity contribution < 1.29 is 0 Å². The second-order valence-electron chi connectivity index (χ2n) is 5.86. The Bertz CT molecular complexity index is 754. The maximum atomic E-state index is 4.48. The fourth-order valence-corrected chi connectivity index (χ4v) is 4.05. The summed E-state index contributed by atoms with van der Waals surface area (Å²) in [7, 11) is 0. The van der Waals surface area contributed by atoms with E-state index in [2.05, 4.69) is 64.3 Å². The third-order valence-electron chi connectivity index (χ3n) is 4.07. The SMILES string of the molecule is CC(C)C1NCCn2c(-c3cc4ccccc4s3)nnc21. The van der Waals surface area contributed by atoms with Gasteiger partial charge in [-0.3, -0.25) is 0 Å². The summed E-state index contributed by atoms with van der Waals surface area (Å²) in [5.41, 5.74) is 0. The Kier molecular flexibility index (Phi) is 3.05. The molecular weight excluding hydrogens is 280 g/mol. The molecular formula is C16H18N4S. The molecule has 0 saturated heterocycles. The fraction of sp³-hybridized carbons (Fsp3) is 0.375. The minimum Gasteiger partial charge on any atom is -0.308 e. The maximum absolute atomic E-state index is 4.48. The zero-order valence-electron chi connectivity index (χ0n) is 12.2. The Hall–Kier alpha value is -1.72. The quantitative estimate of drug-likeness (QED) is 0.788. The van der Waals surface area contributed by atoms with E-state index in [1.165, 1.54) is 15.0 Å². The zero-order valence-corrected chi connectivity index (χ0v) is 13.0. The van der Waals surface area contributed by atoms with Crippen LogP contribution in [0.1, 0.15) is 25.7 Å².